The molecule has 0 aromatic carbocycles. The second-order valence-corrected chi connectivity index (χ2v) is 6.30. The number of H-pyrrole nitrogens is 1. The Hall–Kier alpha value is -2.96. The number of aromatic nitrogens is 4. The van der Waals surface area contributed by atoms with Gasteiger partial charge in [0.25, 0.3) is 11.5 Å². The van der Waals surface area contributed by atoms with Gasteiger partial charge in [0.05, 0.1) is 11.7 Å². The van der Waals surface area contributed by atoms with Crippen molar-refractivity contribution >= 4 is 11.7 Å². The summed E-state index contributed by atoms with van der Waals surface area (Å²) in [4.78, 5) is 36.4. The zero-order valence-corrected chi connectivity index (χ0v) is 14.0. The minimum absolute atomic E-state index is 0.168. The molecule has 128 valence electrons. The number of fused-ring (bicyclic) bond motifs is 2. The van der Waals surface area contributed by atoms with Crippen LogP contribution in [0.5, 0.6) is 0 Å². The fourth-order valence-corrected chi connectivity index (χ4v) is 3.32. The maximum absolute atomic E-state index is 12.6. The number of carbonyl (C=O) groups is 1. The first-order chi connectivity index (χ1) is 12.2. The van der Waals surface area contributed by atoms with Gasteiger partial charge >= 0.3 is 0 Å². The Labute approximate surface area is 144 Å². The van der Waals surface area contributed by atoms with E-state index in [4.69, 9.17) is 0 Å². The summed E-state index contributed by atoms with van der Waals surface area (Å²) < 4.78 is 1.81. The maximum Gasteiger partial charge on any atom is 0.261 e. The Kier molecular flexibility index (Phi) is 3.83. The van der Waals surface area contributed by atoms with Crippen molar-refractivity contribution < 1.29 is 4.79 Å². The number of nitrogens with one attached hydrogen (secondary N) is 2. The highest BCUT2D eigenvalue weighted by Crippen LogP contribution is 2.20. The van der Waals surface area contributed by atoms with Crippen molar-refractivity contribution in [1.29, 1.82) is 0 Å². The van der Waals surface area contributed by atoms with E-state index in [1.165, 1.54) is 0 Å². The summed E-state index contributed by atoms with van der Waals surface area (Å²) in [6.45, 7) is 1.97. The molecule has 0 spiro atoms. The lowest BCUT2D eigenvalue weighted by atomic mass is 10.1. The second-order valence-electron chi connectivity index (χ2n) is 6.30. The molecule has 3 heterocycles. The lowest BCUT2D eigenvalue weighted by molar-refractivity contribution is 0.0933. The molecule has 1 amide bonds. The van der Waals surface area contributed by atoms with Gasteiger partial charge in [-0.05, 0) is 43.4 Å². The third-order valence-corrected chi connectivity index (χ3v) is 4.66. The lowest BCUT2D eigenvalue weighted by Gasteiger charge is -2.14. The molecule has 0 unspecified atom stereocenters. The standard InChI is InChI=1S/C18H19N5O2/c1-2-13(15-10-23-8-4-7-19-18(23)22-15)20-16(24)12-9-11-5-3-6-14(11)21-17(12)25/h4,7-10,13H,2-3,5-6H2,1H3,(H,20,24)(H,21,25)/t13-/m1/s1. The first-order valence-electron chi connectivity index (χ1n) is 8.51. The molecule has 7 heteroatoms. The molecular weight excluding hydrogens is 318 g/mol. The van der Waals surface area contributed by atoms with Crippen LogP contribution in [-0.2, 0) is 12.8 Å². The van der Waals surface area contributed by atoms with Crippen molar-refractivity contribution in [1.82, 2.24) is 24.7 Å². The Morgan fingerprint density at radius 1 is 1.44 bits per heavy atom. The van der Waals surface area contributed by atoms with Gasteiger partial charge in [-0.2, -0.15) is 0 Å². The third-order valence-electron chi connectivity index (χ3n) is 4.66. The number of nitrogens with zero attached hydrogens (tertiary/aromatic N) is 3. The van der Waals surface area contributed by atoms with Crippen LogP contribution >= 0.6 is 0 Å². The van der Waals surface area contributed by atoms with E-state index in [0.717, 1.165) is 36.2 Å². The quantitative estimate of drug-likeness (QED) is 0.759. The van der Waals surface area contributed by atoms with Crippen LogP contribution in [0.15, 0.2) is 35.5 Å². The van der Waals surface area contributed by atoms with Gasteiger partial charge in [-0.3, -0.25) is 14.0 Å². The van der Waals surface area contributed by atoms with Crippen molar-refractivity contribution in [3.63, 3.8) is 0 Å². The van der Waals surface area contributed by atoms with Gasteiger partial charge in [0.2, 0.25) is 5.78 Å². The van der Waals surface area contributed by atoms with Gasteiger partial charge in [-0.15, -0.1) is 0 Å². The van der Waals surface area contributed by atoms with Crippen molar-refractivity contribution in [3.8, 4) is 0 Å². The number of hydrogen-bond acceptors (Lipinski definition) is 4. The molecule has 1 aliphatic rings. The van der Waals surface area contributed by atoms with E-state index in [2.05, 4.69) is 20.3 Å². The highest BCUT2D eigenvalue weighted by Gasteiger charge is 2.21. The molecule has 0 fully saturated rings. The van der Waals surface area contributed by atoms with Gasteiger partial charge in [0.1, 0.15) is 5.56 Å². The normalized spacial score (nSPS) is 14.4. The molecule has 2 N–H and O–H groups in total. The summed E-state index contributed by atoms with van der Waals surface area (Å²) in [7, 11) is 0. The predicted octanol–water partition coefficient (Wildman–Crippen LogP) is 1.79. The maximum atomic E-state index is 12.6. The minimum atomic E-state index is -0.368. The van der Waals surface area contributed by atoms with Crippen LogP contribution < -0.4 is 10.9 Å². The number of imidazole rings is 1. The number of aryl methyl sites for hydroxylation is 2. The summed E-state index contributed by atoms with van der Waals surface area (Å²) in [6, 6.07) is 3.28. The summed E-state index contributed by atoms with van der Waals surface area (Å²) in [5.41, 5.74) is 2.59. The van der Waals surface area contributed by atoms with Gasteiger partial charge in [-0.1, -0.05) is 6.92 Å². The Morgan fingerprint density at radius 3 is 3.12 bits per heavy atom. The average Bonchev–Trinajstić information content (AvgIpc) is 3.24. The number of hydrogen-bond donors (Lipinski definition) is 2. The van der Waals surface area contributed by atoms with Gasteiger partial charge in [0.15, 0.2) is 0 Å². The number of carbonyl (C=O) groups excluding carboxylic acids is 1. The van der Waals surface area contributed by atoms with Crippen molar-refractivity contribution in [2.24, 2.45) is 0 Å². The Bertz CT molecular complexity index is 971. The number of aromatic amines is 1. The van der Waals surface area contributed by atoms with Crippen LogP contribution in [0, 0.1) is 0 Å². The molecule has 0 aliphatic heterocycles. The second kappa shape index (κ2) is 6.16. The van der Waals surface area contributed by atoms with Crippen LogP contribution in [-0.4, -0.2) is 25.3 Å². The Morgan fingerprint density at radius 2 is 2.32 bits per heavy atom. The fourth-order valence-electron chi connectivity index (χ4n) is 3.32. The fraction of sp³-hybridized carbons (Fsp3) is 0.333. The molecule has 7 nitrogen and oxygen atoms in total. The largest absolute Gasteiger partial charge is 0.343 e. The molecule has 0 bridgehead atoms. The van der Waals surface area contributed by atoms with Crippen LogP contribution in [0.2, 0.25) is 0 Å². The Balaban J connectivity index is 1.61. The van der Waals surface area contributed by atoms with Gasteiger partial charge < -0.3 is 10.3 Å². The zero-order valence-electron chi connectivity index (χ0n) is 14.0. The highest BCUT2D eigenvalue weighted by atomic mass is 16.2. The average molecular weight is 337 g/mol. The topological polar surface area (TPSA) is 92.2 Å². The van der Waals surface area contributed by atoms with E-state index in [1.807, 2.05) is 29.8 Å². The van der Waals surface area contributed by atoms with Crippen LogP contribution in [0.3, 0.4) is 0 Å². The van der Waals surface area contributed by atoms with Crippen molar-refractivity contribution in [2.45, 2.75) is 38.6 Å². The zero-order chi connectivity index (χ0) is 17.4. The van der Waals surface area contributed by atoms with E-state index in [0.29, 0.717) is 12.2 Å². The van der Waals surface area contributed by atoms with Crippen molar-refractivity contribution in [3.05, 3.63) is 63.6 Å². The summed E-state index contributed by atoms with van der Waals surface area (Å²) >= 11 is 0. The molecule has 1 atom stereocenters. The van der Waals surface area contributed by atoms with E-state index < -0.39 is 0 Å². The first kappa shape index (κ1) is 15.6. The third kappa shape index (κ3) is 2.82. The van der Waals surface area contributed by atoms with Crippen LogP contribution in [0.4, 0.5) is 0 Å². The van der Waals surface area contributed by atoms with E-state index >= 15 is 0 Å². The number of pyridine rings is 1. The number of rotatable bonds is 4. The summed E-state index contributed by atoms with van der Waals surface area (Å²) in [5, 5.41) is 2.93. The van der Waals surface area contributed by atoms with E-state index in [9.17, 15) is 9.59 Å². The van der Waals surface area contributed by atoms with Crippen LogP contribution in [0.25, 0.3) is 5.78 Å². The SMILES string of the molecule is CC[C@@H](NC(=O)c1cc2c([nH]c1=O)CCC2)c1cn2cccnc2n1. The van der Waals surface area contributed by atoms with E-state index in [1.54, 1.807) is 12.3 Å². The molecule has 0 saturated carbocycles. The molecule has 0 saturated heterocycles. The number of amides is 1. The van der Waals surface area contributed by atoms with Crippen molar-refractivity contribution in [2.75, 3.05) is 0 Å². The lowest BCUT2D eigenvalue weighted by Crippen LogP contribution is -2.33. The minimum Gasteiger partial charge on any atom is -0.343 e. The summed E-state index contributed by atoms with van der Waals surface area (Å²) in [6.07, 6.45) is 8.85. The van der Waals surface area contributed by atoms with Gasteiger partial charge in [0, 0.05) is 24.3 Å². The molecule has 3 aromatic heterocycles. The van der Waals surface area contributed by atoms with Crippen LogP contribution in [0.1, 0.15) is 53.1 Å². The summed E-state index contributed by atoms with van der Waals surface area (Å²) in [5.74, 6) is 0.216. The predicted molar refractivity (Wildman–Crippen MR) is 92.6 cm³/mol. The molecule has 4 rings (SSSR count). The first-order valence-corrected chi connectivity index (χ1v) is 8.51. The molecule has 3 aromatic rings. The van der Waals surface area contributed by atoms with Gasteiger partial charge in [-0.25, -0.2) is 9.97 Å². The van der Waals surface area contributed by atoms with E-state index in [-0.39, 0.29) is 23.1 Å². The smallest absolute Gasteiger partial charge is 0.261 e. The molecule has 0 radical (unpaired) electrons. The molecular formula is C18H19N5O2. The highest BCUT2D eigenvalue weighted by molar-refractivity contribution is 5.94. The molecule has 1 aliphatic carbocycles. The monoisotopic (exact) mass is 337 g/mol. The molecule has 25 heavy (non-hydrogen) atoms.